The quantitative estimate of drug-likeness (QED) is 0.841. The summed E-state index contributed by atoms with van der Waals surface area (Å²) in [6, 6.07) is 0.226. The van der Waals surface area contributed by atoms with Gasteiger partial charge in [-0.2, -0.15) is 0 Å². The van der Waals surface area contributed by atoms with Crippen LogP contribution in [0.3, 0.4) is 0 Å². The molecule has 2 rings (SSSR count). The molecule has 1 saturated carbocycles. The number of aromatic nitrogens is 2. The molecule has 1 heterocycles. The van der Waals surface area contributed by atoms with Crippen LogP contribution in [0.5, 0.6) is 0 Å². The van der Waals surface area contributed by atoms with Crippen LogP contribution in [0.2, 0.25) is 0 Å². The van der Waals surface area contributed by atoms with Crippen LogP contribution in [0.25, 0.3) is 0 Å². The normalized spacial score (nSPS) is 21.2. The Hall–Kier alpha value is -2.18. The van der Waals surface area contributed by atoms with E-state index in [4.69, 9.17) is 10.5 Å². The lowest BCUT2D eigenvalue weighted by molar-refractivity contribution is -0.136. The summed E-state index contributed by atoms with van der Waals surface area (Å²) in [7, 11) is 1.76. The summed E-state index contributed by atoms with van der Waals surface area (Å²) in [6.45, 7) is 1.92. The Labute approximate surface area is 129 Å². The summed E-state index contributed by atoms with van der Waals surface area (Å²) in [5.41, 5.74) is 5.48. The van der Waals surface area contributed by atoms with E-state index in [1.807, 2.05) is 0 Å². The van der Waals surface area contributed by atoms with E-state index in [1.54, 1.807) is 11.9 Å². The van der Waals surface area contributed by atoms with Gasteiger partial charge in [0.25, 0.3) is 5.91 Å². The molecule has 0 radical (unpaired) electrons. The molecule has 0 aliphatic heterocycles. The maximum atomic E-state index is 12.1. The number of nitrogens with two attached hydrogens (primary N) is 1. The van der Waals surface area contributed by atoms with Gasteiger partial charge < -0.3 is 15.4 Å². The fraction of sp³-hybridized carbons (Fsp3) is 0.600. The third-order valence-electron chi connectivity index (χ3n) is 4.17. The van der Waals surface area contributed by atoms with Crippen molar-refractivity contribution in [2.24, 2.45) is 5.92 Å². The number of nitrogens with zero attached hydrogens (tertiary/aromatic N) is 3. The SMILES string of the molecule is CC1CCC(N(C)C(=O)COC(=O)c2nccnc2N)CC1. The first-order chi connectivity index (χ1) is 10.5. The number of hydrogen-bond acceptors (Lipinski definition) is 6. The van der Waals surface area contributed by atoms with Gasteiger partial charge in [0.15, 0.2) is 18.1 Å². The van der Waals surface area contributed by atoms with E-state index in [2.05, 4.69) is 16.9 Å². The average molecular weight is 306 g/mol. The molecular weight excluding hydrogens is 284 g/mol. The number of rotatable bonds is 4. The second-order valence-electron chi connectivity index (χ2n) is 5.78. The fourth-order valence-electron chi connectivity index (χ4n) is 2.64. The molecule has 22 heavy (non-hydrogen) atoms. The van der Waals surface area contributed by atoms with Crippen LogP contribution < -0.4 is 5.73 Å². The van der Waals surface area contributed by atoms with E-state index in [0.29, 0.717) is 0 Å². The summed E-state index contributed by atoms with van der Waals surface area (Å²) >= 11 is 0. The average Bonchev–Trinajstić information content (AvgIpc) is 2.52. The minimum absolute atomic E-state index is 0.00503. The molecule has 7 heteroatoms. The van der Waals surface area contributed by atoms with Crippen molar-refractivity contribution < 1.29 is 14.3 Å². The molecule has 1 fully saturated rings. The fourth-order valence-corrected chi connectivity index (χ4v) is 2.64. The molecule has 1 aliphatic carbocycles. The molecule has 1 amide bonds. The van der Waals surface area contributed by atoms with Crippen LogP contribution in [0.15, 0.2) is 12.4 Å². The summed E-state index contributed by atoms with van der Waals surface area (Å²) in [6.07, 6.45) is 6.97. The van der Waals surface area contributed by atoms with Crippen LogP contribution >= 0.6 is 0 Å². The van der Waals surface area contributed by atoms with Gasteiger partial charge in [0, 0.05) is 25.5 Å². The minimum atomic E-state index is -0.732. The first-order valence-corrected chi connectivity index (χ1v) is 7.48. The van der Waals surface area contributed by atoms with E-state index in [-0.39, 0.29) is 30.1 Å². The number of carbonyl (C=O) groups excluding carboxylic acids is 2. The Bertz CT molecular complexity index is 541. The second-order valence-corrected chi connectivity index (χ2v) is 5.78. The zero-order valence-electron chi connectivity index (χ0n) is 13.0. The molecule has 120 valence electrons. The molecule has 1 aliphatic rings. The van der Waals surface area contributed by atoms with Gasteiger partial charge in [-0.05, 0) is 31.6 Å². The van der Waals surface area contributed by atoms with E-state index in [0.717, 1.165) is 31.6 Å². The summed E-state index contributed by atoms with van der Waals surface area (Å²) < 4.78 is 4.99. The topological polar surface area (TPSA) is 98.4 Å². The van der Waals surface area contributed by atoms with E-state index in [9.17, 15) is 9.59 Å². The van der Waals surface area contributed by atoms with Crippen molar-refractivity contribution in [2.75, 3.05) is 19.4 Å². The van der Waals surface area contributed by atoms with Gasteiger partial charge in [-0.15, -0.1) is 0 Å². The van der Waals surface area contributed by atoms with Crippen molar-refractivity contribution in [3.05, 3.63) is 18.1 Å². The predicted octanol–water partition coefficient (Wildman–Crippen LogP) is 1.25. The maximum absolute atomic E-state index is 12.1. The van der Waals surface area contributed by atoms with Gasteiger partial charge in [0.05, 0.1) is 0 Å². The summed E-state index contributed by atoms with van der Waals surface area (Å²) in [4.78, 5) is 33.2. The van der Waals surface area contributed by atoms with E-state index >= 15 is 0 Å². The lowest BCUT2D eigenvalue weighted by Crippen LogP contribution is -2.41. The van der Waals surface area contributed by atoms with Crippen molar-refractivity contribution in [3.8, 4) is 0 Å². The maximum Gasteiger partial charge on any atom is 0.361 e. The lowest BCUT2D eigenvalue weighted by Gasteiger charge is -2.33. The number of likely N-dealkylation sites (N-methyl/N-ethyl adjacent to an activating group) is 1. The number of ether oxygens (including phenoxy) is 1. The highest BCUT2D eigenvalue weighted by Crippen LogP contribution is 2.26. The summed E-state index contributed by atoms with van der Waals surface area (Å²) in [5.74, 6) is -0.230. The zero-order chi connectivity index (χ0) is 16.1. The molecule has 7 nitrogen and oxygen atoms in total. The Morgan fingerprint density at radius 3 is 2.55 bits per heavy atom. The third-order valence-corrected chi connectivity index (χ3v) is 4.17. The van der Waals surface area contributed by atoms with E-state index < -0.39 is 5.97 Å². The molecule has 1 aromatic heterocycles. The van der Waals surface area contributed by atoms with Gasteiger partial charge in [-0.1, -0.05) is 6.92 Å². The Balaban J connectivity index is 1.84. The van der Waals surface area contributed by atoms with Crippen molar-refractivity contribution >= 4 is 17.7 Å². The van der Waals surface area contributed by atoms with Crippen molar-refractivity contribution in [1.82, 2.24) is 14.9 Å². The molecular formula is C15H22N4O3. The smallest absolute Gasteiger partial charge is 0.361 e. The lowest BCUT2D eigenvalue weighted by atomic mass is 9.87. The zero-order valence-corrected chi connectivity index (χ0v) is 13.0. The molecule has 1 aromatic rings. The number of anilines is 1. The Morgan fingerprint density at radius 2 is 1.91 bits per heavy atom. The molecule has 0 unspecified atom stereocenters. The summed E-state index contributed by atoms with van der Waals surface area (Å²) in [5, 5.41) is 0. The molecule has 0 atom stereocenters. The first kappa shape index (κ1) is 16.2. The van der Waals surface area contributed by atoms with E-state index in [1.165, 1.54) is 12.4 Å². The van der Waals surface area contributed by atoms with Crippen molar-refractivity contribution in [1.29, 1.82) is 0 Å². The van der Waals surface area contributed by atoms with Crippen LogP contribution in [0.1, 0.15) is 43.1 Å². The molecule has 0 aromatic carbocycles. The second kappa shape index (κ2) is 7.20. The molecule has 2 N–H and O–H groups in total. The van der Waals surface area contributed by atoms with Crippen LogP contribution in [0.4, 0.5) is 5.82 Å². The third kappa shape index (κ3) is 3.93. The highest BCUT2D eigenvalue weighted by Gasteiger charge is 2.25. The van der Waals surface area contributed by atoms with Gasteiger partial charge in [-0.3, -0.25) is 4.79 Å². The number of carbonyl (C=O) groups is 2. The number of amides is 1. The Kier molecular flexibility index (Phi) is 5.30. The van der Waals surface area contributed by atoms with Crippen LogP contribution in [-0.2, 0) is 9.53 Å². The van der Waals surface area contributed by atoms with Crippen molar-refractivity contribution in [3.63, 3.8) is 0 Å². The minimum Gasteiger partial charge on any atom is -0.451 e. The van der Waals surface area contributed by atoms with Gasteiger partial charge in [0.2, 0.25) is 0 Å². The number of esters is 1. The Morgan fingerprint density at radius 1 is 1.27 bits per heavy atom. The van der Waals surface area contributed by atoms with Crippen LogP contribution in [-0.4, -0.2) is 46.4 Å². The van der Waals surface area contributed by atoms with Crippen LogP contribution in [0, 0.1) is 5.92 Å². The van der Waals surface area contributed by atoms with Gasteiger partial charge in [-0.25, -0.2) is 14.8 Å². The number of hydrogen-bond donors (Lipinski definition) is 1. The highest BCUT2D eigenvalue weighted by molar-refractivity contribution is 5.93. The molecule has 0 saturated heterocycles. The monoisotopic (exact) mass is 306 g/mol. The number of nitrogen functional groups attached to an aromatic ring is 1. The molecule has 0 bridgehead atoms. The predicted molar refractivity (Wildman–Crippen MR) is 80.9 cm³/mol. The standard InChI is InChI=1S/C15H22N4O3/c1-10-3-5-11(6-4-10)19(2)12(20)9-22-15(21)13-14(16)18-8-7-17-13/h7-8,10-11H,3-6,9H2,1-2H3,(H2,16,18). The van der Waals surface area contributed by atoms with Gasteiger partial charge in [0.1, 0.15) is 0 Å². The largest absolute Gasteiger partial charge is 0.451 e. The van der Waals surface area contributed by atoms with Gasteiger partial charge >= 0.3 is 5.97 Å². The van der Waals surface area contributed by atoms with Crippen molar-refractivity contribution in [2.45, 2.75) is 38.6 Å². The highest BCUT2D eigenvalue weighted by atomic mass is 16.5. The first-order valence-electron chi connectivity index (χ1n) is 7.48. The molecule has 0 spiro atoms.